The standard InChI is InChI=1S/C16H14ClFN2O3/c1-20-14(21)9-7-11(13(18)12(17)8-9)16(23,15(19)22)10-5-3-2-4-6-10/h2-8,23H,1H3,(H2,19,22)(H,20,21). The van der Waals surface area contributed by atoms with Crippen LogP contribution in [0.5, 0.6) is 0 Å². The van der Waals surface area contributed by atoms with Gasteiger partial charge in [-0.25, -0.2) is 4.39 Å². The van der Waals surface area contributed by atoms with Gasteiger partial charge >= 0.3 is 0 Å². The van der Waals surface area contributed by atoms with Crippen molar-refractivity contribution >= 4 is 23.4 Å². The first-order valence-corrected chi connectivity index (χ1v) is 6.99. The first-order valence-electron chi connectivity index (χ1n) is 6.61. The van der Waals surface area contributed by atoms with Crippen LogP contribution in [0.4, 0.5) is 4.39 Å². The predicted molar refractivity (Wildman–Crippen MR) is 83.4 cm³/mol. The number of benzene rings is 2. The van der Waals surface area contributed by atoms with Crippen molar-refractivity contribution in [1.82, 2.24) is 5.32 Å². The second kappa shape index (κ2) is 6.36. The van der Waals surface area contributed by atoms with Crippen LogP contribution >= 0.6 is 11.6 Å². The molecule has 0 fully saturated rings. The third kappa shape index (κ3) is 2.91. The summed E-state index contributed by atoms with van der Waals surface area (Å²) in [6.07, 6.45) is 0. The Morgan fingerprint density at radius 2 is 1.87 bits per heavy atom. The first-order chi connectivity index (χ1) is 10.8. The molecule has 0 spiro atoms. The lowest BCUT2D eigenvalue weighted by Crippen LogP contribution is -2.43. The second-order valence-electron chi connectivity index (χ2n) is 4.84. The molecule has 0 saturated carbocycles. The lowest BCUT2D eigenvalue weighted by atomic mass is 9.84. The average molecular weight is 337 g/mol. The van der Waals surface area contributed by atoms with E-state index in [-0.39, 0.29) is 11.1 Å². The van der Waals surface area contributed by atoms with Crippen molar-refractivity contribution in [3.05, 3.63) is 70.0 Å². The van der Waals surface area contributed by atoms with Crippen molar-refractivity contribution in [2.24, 2.45) is 5.73 Å². The fourth-order valence-corrected chi connectivity index (χ4v) is 2.46. The van der Waals surface area contributed by atoms with Crippen LogP contribution in [0.25, 0.3) is 0 Å². The molecule has 2 aromatic carbocycles. The number of carbonyl (C=O) groups is 2. The number of nitrogens with one attached hydrogen (secondary N) is 1. The molecule has 5 nitrogen and oxygen atoms in total. The maximum atomic E-state index is 14.5. The van der Waals surface area contributed by atoms with Gasteiger partial charge in [-0.2, -0.15) is 0 Å². The van der Waals surface area contributed by atoms with E-state index in [4.69, 9.17) is 17.3 Å². The van der Waals surface area contributed by atoms with E-state index in [1.807, 2.05) is 0 Å². The monoisotopic (exact) mass is 336 g/mol. The highest BCUT2D eigenvalue weighted by molar-refractivity contribution is 6.31. The van der Waals surface area contributed by atoms with E-state index in [1.165, 1.54) is 19.2 Å². The highest BCUT2D eigenvalue weighted by atomic mass is 35.5. The first kappa shape index (κ1) is 16.9. The molecule has 0 heterocycles. The Bertz CT molecular complexity index is 767. The van der Waals surface area contributed by atoms with Crippen molar-refractivity contribution in [2.45, 2.75) is 5.60 Å². The summed E-state index contributed by atoms with van der Waals surface area (Å²) < 4.78 is 14.5. The van der Waals surface area contributed by atoms with Crippen molar-refractivity contribution < 1.29 is 19.1 Å². The zero-order valence-electron chi connectivity index (χ0n) is 12.1. The lowest BCUT2D eigenvalue weighted by molar-refractivity contribution is -0.133. The van der Waals surface area contributed by atoms with Gasteiger partial charge in [0.15, 0.2) is 5.60 Å². The minimum absolute atomic E-state index is 0.00972. The van der Waals surface area contributed by atoms with Gasteiger partial charge in [-0.05, 0) is 17.7 Å². The molecule has 1 atom stereocenters. The van der Waals surface area contributed by atoms with Crippen LogP contribution in [0.2, 0.25) is 5.02 Å². The Morgan fingerprint density at radius 3 is 2.39 bits per heavy atom. The van der Waals surface area contributed by atoms with Gasteiger partial charge < -0.3 is 16.2 Å². The fraction of sp³-hybridized carbons (Fsp3) is 0.125. The number of nitrogens with two attached hydrogens (primary N) is 1. The molecule has 0 aliphatic heterocycles. The average Bonchev–Trinajstić information content (AvgIpc) is 2.56. The molecule has 7 heteroatoms. The molecule has 4 N–H and O–H groups in total. The zero-order chi connectivity index (χ0) is 17.2. The minimum Gasteiger partial charge on any atom is -0.372 e. The summed E-state index contributed by atoms with van der Waals surface area (Å²) in [7, 11) is 1.39. The molecular formula is C16H14ClFN2O3. The summed E-state index contributed by atoms with van der Waals surface area (Å²) >= 11 is 5.80. The number of aliphatic hydroxyl groups is 1. The Labute approximate surface area is 136 Å². The van der Waals surface area contributed by atoms with E-state index in [0.29, 0.717) is 0 Å². The maximum absolute atomic E-state index is 14.5. The van der Waals surface area contributed by atoms with Crippen LogP contribution in [-0.2, 0) is 10.4 Å². The number of carbonyl (C=O) groups excluding carboxylic acids is 2. The SMILES string of the molecule is CNC(=O)c1cc(Cl)c(F)c(C(O)(C(N)=O)c2ccccc2)c1. The summed E-state index contributed by atoms with van der Waals surface area (Å²) in [6.45, 7) is 0. The van der Waals surface area contributed by atoms with Crippen molar-refractivity contribution in [2.75, 3.05) is 7.05 Å². The van der Waals surface area contributed by atoms with Crippen LogP contribution in [0, 0.1) is 5.82 Å². The van der Waals surface area contributed by atoms with E-state index in [0.717, 1.165) is 12.1 Å². The Balaban J connectivity index is 2.77. The Morgan fingerprint density at radius 1 is 1.26 bits per heavy atom. The Kier molecular flexibility index (Phi) is 4.68. The van der Waals surface area contributed by atoms with Gasteiger partial charge in [0.2, 0.25) is 0 Å². The minimum atomic E-state index is -2.46. The van der Waals surface area contributed by atoms with Gasteiger partial charge in [0.25, 0.3) is 11.8 Å². The van der Waals surface area contributed by atoms with Gasteiger partial charge in [-0.3, -0.25) is 9.59 Å². The van der Waals surface area contributed by atoms with E-state index in [9.17, 15) is 19.1 Å². The van der Waals surface area contributed by atoms with Crippen LogP contribution in [0.3, 0.4) is 0 Å². The van der Waals surface area contributed by atoms with Crippen molar-refractivity contribution in [1.29, 1.82) is 0 Å². The summed E-state index contributed by atoms with van der Waals surface area (Å²) in [5.74, 6) is -2.76. The lowest BCUT2D eigenvalue weighted by Gasteiger charge is -2.27. The number of hydrogen-bond donors (Lipinski definition) is 3. The van der Waals surface area contributed by atoms with Crippen molar-refractivity contribution in [3.8, 4) is 0 Å². The van der Waals surface area contributed by atoms with Gasteiger partial charge in [-0.1, -0.05) is 41.9 Å². The van der Waals surface area contributed by atoms with E-state index in [2.05, 4.69) is 5.32 Å². The largest absolute Gasteiger partial charge is 0.372 e. The quantitative estimate of drug-likeness (QED) is 0.791. The molecule has 0 aromatic heterocycles. The molecule has 0 aliphatic carbocycles. The molecule has 2 aromatic rings. The van der Waals surface area contributed by atoms with Crippen LogP contribution in [0.15, 0.2) is 42.5 Å². The second-order valence-corrected chi connectivity index (χ2v) is 5.25. The molecule has 2 amide bonds. The van der Waals surface area contributed by atoms with Crippen LogP contribution < -0.4 is 11.1 Å². The molecule has 0 radical (unpaired) electrons. The molecule has 2 rings (SSSR count). The molecule has 0 bridgehead atoms. The normalized spacial score (nSPS) is 13.2. The van der Waals surface area contributed by atoms with Gasteiger partial charge in [0.1, 0.15) is 5.82 Å². The third-order valence-corrected chi connectivity index (χ3v) is 3.73. The third-order valence-electron chi connectivity index (χ3n) is 3.46. The summed E-state index contributed by atoms with van der Waals surface area (Å²) in [5.41, 5.74) is 2.43. The number of primary amides is 1. The van der Waals surface area contributed by atoms with Crippen LogP contribution in [0.1, 0.15) is 21.5 Å². The highest BCUT2D eigenvalue weighted by Crippen LogP contribution is 2.34. The number of halogens is 2. The van der Waals surface area contributed by atoms with Gasteiger partial charge in [0.05, 0.1) is 5.02 Å². The molecular weight excluding hydrogens is 323 g/mol. The van der Waals surface area contributed by atoms with E-state index in [1.54, 1.807) is 18.2 Å². The summed E-state index contributed by atoms with van der Waals surface area (Å²) in [5, 5.41) is 12.8. The molecule has 0 aliphatic rings. The maximum Gasteiger partial charge on any atom is 0.258 e. The zero-order valence-corrected chi connectivity index (χ0v) is 12.9. The van der Waals surface area contributed by atoms with Crippen molar-refractivity contribution in [3.63, 3.8) is 0 Å². The number of amides is 2. The number of rotatable bonds is 4. The molecule has 23 heavy (non-hydrogen) atoms. The smallest absolute Gasteiger partial charge is 0.258 e. The molecule has 1 unspecified atom stereocenters. The topological polar surface area (TPSA) is 92.4 Å². The van der Waals surface area contributed by atoms with E-state index >= 15 is 0 Å². The van der Waals surface area contributed by atoms with E-state index < -0.39 is 33.8 Å². The summed E-state index contributed by atoms with van der Waals surface area (Å²) in [4.78, 5) is 23.7. The fourth-order valence-electron chi connectivity index (χ4n) is 2.24. The van der Waals surface area contributed by atoms with Crippen LogP contribution in [-0.4, -0.2) is 24.0 Å². The highest BCUT2D eigenvalue weighted by Gasteiger charge is 2.41. The van der Waals surface area contributed by atoms with Gasteiger partial charge in [-0.15, -0.1) is 0 Å². The molecule has 120 valence electrons. The Hall–Kier alpha value is -2.44. The predicted octanol–water partition coefficient (Wildman–Crippen LogP) is 1.56. The number of hydrogen-bond acceptors (Lipinski definition) is 3. The van der Waals surface area contributed by atoms with Gasteiger partial charge in [0, 0.05) is 18.2 Å². The summed E-state index contributed by atoms with van der Waals surface area (Å²) in [6, 6.07) is 9.78. The molecule has 0 saturated heterocycles.